The molecule has 1 aromatic rings. The monoisotopic (exact) mass is 258 g/mol. The molecule has 1 aliphatic heterocycles. The van der Waals surface area contributed by atoms with Gasteiger partial charge in [0.25, 0.3) is 17.6 Å². The number of carbonyl (C=O) groups is 4. The minimum atomic E-state index is -0.924. The van der Waals surface area contributed by atoms with Gasteiger partial charge in [0.05, 0.1) is 5.56 Å². The zero-order chi connectivity index (χ0) is 13.6. The normalized spacial score (nSPS) is 17.8. The number of hydrogen-bond acceptors (Lipinski definition) is 4. The van der Waals surface area contributed by atoms with Crippen LogP contribution in [0.3, 0.4) is 0 Å². The first-order valence-corrected chi connectivity index (χ1v) is 5.91. The summed E-state index contributed by atoms with van der Waals surface area (Å²) in [6.07, 6.45) is 1.76. The lowest BCUT2D eigenvalue weighted by molar-refractivity contribution is -0.117. The third kappa shape index (κ3) is 2.01. The molecule has 1 fully saturated rings. The lowest BCUT2D eigenvalue weighted by Gasteiger charge is -2.15. The second kappa shape index (κ2) is 4.01. The van der Waals surface area contributed by atoms with E-state index in [0.717, 1.165) is 12.8 Å². The standard InChI is InChI=1S/C13H10N2O4/c16-10-8-4-3-7(14-11(17)6-1-2-6)5-9(8)12(18)15-13(10)19/h3-6H,1-2H2,(H,14,17)(H,15,18,19). The molecule has 1 aromatic carbocycles. The molecular formula is C13H10N2O4. The summed E-state index contributed by atoms with van der Waals surface area (Å²) in [7, 11) is 0. The zero-order valence-corrected chi connectivity index (χ0v) is 9.86. The van der Waals surface area contributed by atoms with Gasteiger partial charge in [-0.2, -0.15) is 0 Å². The number of hydrogen-bond donors (Lipinski definition) is 2. The van der Waals surface area contributed by atoms with Crippen molar-refractivity contribution in [2.45, 2.75) is 12.8 Å². The van der Waals surface area contributed by atoms with Crippen molar-refractivity contribution < 1.29 is 19.2 Å². The SMILES string of the molecule is O=C1NC(=O)c2cc(NC(=O)C3CC3)ccc2C1=O. The van der Waals surface area contributed by atoms with Crippen molar-refractivity contribution in [2.75, 3.05) is 5.32 Å². The number of fused-ring (bicyclic) bond motifs is 1. The highest BCUT2D eigenvalue weighted by Crippen LogP contribution is 2.30. The number of rotatable bonds is 2. The molecule has 96 valence electrons. The molecule has 19 heavy (non-hydrogen) atoms. The summed E-state index contributed by atoms with van der Waals surface area (Å²) in [5.74, 6) is -2.32. The number of benzene rings is 1. The number of nitrogens with one attached hydrogen (secondary N) is 2. The van der Waals surface area contributed by atoms with Gasteiger partial charge in [0.1, 0.15) is 0 Å². The van der Waals surface area contributed by atoms with Crippen LogP contribution in [-0.4, -0.2) is 23.5 Å². The van der Waals surface area contributed by atoms with Gasteiger partial charge in [-0.3, -0.25) is 24.5 Å². The molecule has 2 aliphatic rings. The zero-order valence-electron chi connectivity index (χ0n) is 9.86. The Morgan fingerprint density at radius 2 is 1.84 bits per heavy atom. The van der Waals surface area contributed by atoms with Crippen molar-refractivity contribution >= 4 is 29.2 Å². The Morgan fingerprint density at radius 3 is 2.53 bits per heavy atom. The van der Waals surface area contributed by atoms with Crippen molar-refractivity contribution in [3.63, 3.8) is 0 Å². The molecule has 6 nitrogen and oxygen atoms in total. The van der Waals surface area contributed by atoms with Gasteiger partial charge in [-0.1, -0.05) is 0 Å². The molecule has 1 saturated carbocycles. The molecule has 0 radical (unpaired) electrons. The van der Waals surface area contributed by atoms with Gasteiger partial charge >= 0.3 is 0 Å². The van der Waals surface area contributed by atoms with Crippen LogP contribution in [0.4, 0.5) is 5.69 Å². The Morgan fingerprint density at radius 1 is 1.11 bits per heavy atom. The molecule has 0 bridgehead atoms. The van der Waals surface area contributed by atoms with Gasteiger partial charge in [0, 0.05) is 17.2 Å². The van der Waals surface area contributed by atoms with Crippen LogP contribution in [0.15, 0.2) is 18.2 Å². The fourth-order valence-corrected chi connectivity index (χ4v) is 1.95. The Balaban J connectivity index is 1.92. The van der Waals surface area contributed by atoms with E-state index < -0.39 is 17.6 Å². The molecule has 3 rings (SSSR count). The van der Waals surface area contributed by atoms with E-state index in [1.165, 1.54) is 18.2 Å². The van der Waals surface area contributed by atoms with E-state index in [-0.39, 0.29) is 23.0 Å². The smallest absolute Gasteiger partial charge is 0.299 e. The van der Waals surface area contributed by atoms with Gasteiger partial charge in [-0.15, -0.1) is 0 Å². The van der Waals surface area contributed by atoms with E-state index in [0.29, 0.717) is 5.69 Å². The van der Waals surface area contributed by atoms with Crippen LogP contribution in [0.1, 0.15) is 33.6 Å². The van der Waals surface area contributed by atoms with Crippen molar-refractivity contribution in [3.8, 4) is 0 Å². The van der Waals surface area contributed by atoms with Crippen LogP contribution in [0.2, 0.25) is 0 Å². The molecule has 6 heteroatoms. The van der Waals surface area contributed by atoms with E-state index in [9.17, 15) is 19.2 Å². The van der Waals surface area contributed by atoms with E-state index in [4.69, 9.17) is 0 Å². The Labute approximate surface area is 108 Å². The van der Waals surface area contributed by atoms with Gasteiger partial charge in [-0.25, -0.2) is 0 Å². The highest BCUT2D eigenvalue weighted by atomic mass is 16.2. The number of carbonyl (C=O) groups excluding carboxylic acids is 4. The van der Waals surface area contributed by atoms with Crippen molar-refractivity contribution in [1.29, 1.82) is 0 Å². The van der Waals surface area contributed by atoms with Crippen molar-refractivity contribution in [3.05, 3.63) is 29.3 Å². The first kappa shape index (κ1) is 11.6. The predicted octanol–water partition coefficient (Wildman–Crippen LogP) is 0.488. The Kier molecular flexibility index (Phi) is 2.45. The minimum absolute atomic E-state index is 0.0491. The number of ketones is 1. The number of anilines is 1. The largest absolute Gasteiger partial charge is 0.326 e. The molecule has 2 N–H and O–H groups in total. The average molecular weight is 258 g/mol. The van der Waals surface area contributed by atoms with E-state index in [1.54, 1.807) is 0 Å². The van der Waals surface area contributed by atoms with Gasteiger partial charge < -0.3 is 5.32 Å². The third-order valence-corrected chi connectivity index (χ3v) is 3.16. The molecule has 1 heterocycles. The number of amides is 3. The first-order valence-electron chi connectivity index (χ1n) is 5.91. The molecule has 3 amide bonds. The summed E-state index contributed by atoms with van der Waals surface area (Å²) in [4.78, 5) is 46.0. The van der Waals surface area contributed by atoms with Crippen LogP contribution in [0.25, 0.3) is 0 Å². The fourth-order valence-electron chi connectivity index (χ4n) is 1.95. The Hall–Kier alpha value is -2.50. The summed E-state index contributed by atoms with van der Waals surface area (Å²) >= 11 is 0. The highest BCUT2D eigenvalue weighted by Gasteiger charge is 2.32. The number of Topliss-reactive ketones (excluding diaryl/α,β-unsaturated/α-hetero) is 1. The summed E-state index contributed by atoms with van der Waals surface area (Å²) < 4.78 is 0. The van der Waals surface area contributed by atoms with E-state index in [2.05, 4.69) is 5.32 Å². The van der Waals surface area contributed by atoms with Gasteiger partial charge in [-0.05, 0) is 31.0 Å². The van der Waals surface area contributed by atoms with E-state index >= 15 is 0 Å². The number of imide groups is 1. The summed E-state index contributed by atoms with van der Waals surface area (Å²) in [6.45, 7) is 0. The van der Waals surface area contributed by atoms with Crippen LogP contribution in [0.5, 0.6) is 0 Å². The van der Waals surface area contributed by atoms with Gasteiger partial charge in [0.2, 0.25) is 5.91 Å². The molecule has 0 unspecified atom stereocenters. The second-order valence-corrected chi connectivity index (χ2v) is 4.64. The molecule has 1 aliphatic carbocycles. The van der Waals surface area contributed by atoms with Crippen LogP contribution in [0, 0.1) is 5.92 Å². The average Bonchev–Trinajstić information content (AvgIpc) is 3.20. The quantitative estimate of drug-likeness (QED) is 0.596. The summed E-state index contributed by atoms with van der Waals surface area (Å²) in [5.41, 5.74) is 0.629. The maximum absolute atomic E-state index is 11.6. The molecular weight excluding hydrogens is 248 g/mol. The molecule has 0 saturated heterocycles. The highest BCUT2D eigenvalue weighted by molar-refractivity contribution is 6.49. The predicted molar refractivity (Wildman–Crippen MR) is 64.6 cm³/mol. The second-order valence-electron chi connectivity index (χ2n) is 4.64. The maximum Gasteiger partial charge on any atom is 0.299 e. The van der Waals surface area contributed by atoms with E-state index in [1.807, 2.05) is 5.32 Å². The lowest BCUT2D eigenvalue weighted by Crippen LogP contribution is -2.42. The molecule has 0 spiro atoms. The van der Waals surface area contributed by atoms with Crippen molar-refractivity contribution in [2.24, 2.45) is 5.92 Å². The van der Waals surface area contributed by atoms with Crippen LogP contribution < -0.4 is 10.6 Å². The summed E-state index contributed by atoms with van der Waals surface area (Å²) in [5, 5.41) is 4.65. The maximum atomic E-state index is 11.6. The van der Waals surface area contributed by atoms with Crippen molar-refractivity contribution in [1.82, 2.24) is 5.32 Å². The summed E-state index contributed by atoms with van der Waals surface area (Å²) in [6, 6.07) is 4.31. The lowest BCUT2D eigenvalue weighted by atomic mass is 9.98. The third-order valence-electron chi connectivity index (χ3n) is 3.16. The topological polar surface area (TPSA) is 92.3 Å². The molecule has 0 aromatic heterocycles. The first-order chi connectivity index (χ1) is 9.06. The Bertz CT molecular complexity index is 632. The van der Waals surface area contributed by atoms with Gasteiger partial charge in [0.15, 0.2) is 0 Å². The minimum Gasteiger partial charge on any atom is -0.326 e. The van der Waals surface area contributed by atoms with Crippen LogP contribution in [-0.2, 0) is 9.59 Å². The molecule has 0 atom stereocenters. The fraction of sp³-hybridized carbons (Fsp3) is 0.231. The van der Waals surface area contributed by atoms with Crippen LogP contribution >= 0.6 is 0 Å².